The molecule has 264 valence electrons. The second-order valence-corrected chi connectivity index (χ2v) is 15.9. The normalized spacial score (nSPS) is 21.8. The van der Waals surface area contributed by atoms with Crippen LogP contribution < -0.4 is 14.7 Å². The first-order valence-corrected chi connectivity index (χ1v) is 17.7. The Bertz CT molecular complexity index is 1680. The third-order valence-electron chi connectivity index (χ3n) is 10.0. The third kappa shape index (κ3) is 7.67. The molecule has 0 spiro atoms. The highest BCUT2D eigenvalue weighted by Crippen LogP contribution is 2.45. The number of benzene rings is 1. The summed E-state index contributed by atoms with van der Waals surface area (Å²) in [5.41, 5.74) is 7.31. The zero-order chi connectivity index (χ0) is 35.2. The van der Waals surface area contributed by atoms with Gasteiger partial charge in [0.1, 0.15) is 6.33 Å². The van der Waals surface area contributed by atoms with E-state index in [0.717, 1.165) is 74.5 Å². The molecule has 6 rings (SSSR count). The van der Waals surface area contributed by atoms with Gasteiger partial charge in [-0.05, 0) is 89.8 Å². The number of aryl methyl sites for hydroxylation is 2. The summed E-state index contributed by atoms with van der Waals surface area (Å²) in [5.74, 6) is 0.372. The molecule has 3 aliphatic heterocycles. The maximum Gasteiger partial charge on any atom is 0.337 e. The van der Waals surface area contributed by atoms with Gasteiger partial charge in [0.15, 0.2) is 6.10 Å². The van der Waals surface area contributed by atoms with Gasteiger partial charge in [-0.2, -0.15) is 4.98 Å². The number of pyridine rings is 1. The highest BCUT2D eigenvalue weighted by Gasteiger charge is 2.37. The van der Waals surface area contributed by atoms with Crippen molar-refractivity contribution < 1.29 is 19.4 Å². The summed E-state index contributed by atoms with van der Waals surface area (Å²) < 4.78 is 12.2. The standard InChI is InChI=1S/C38H53N7O4/c1-23-19-45(20-24(2)48-23)36-40-22-39-35(42-36)44-15-12-27-18-28(10-11-29(27)21-44)30-25(3)41-26(4)31(33(34(46)47)49-37(5,6)7)32(30)43-16-13-38(8,9)14-17-43/h10-11,18,22-24,33H,12-17,19-21H2,1-9H3,(H,46,47)/t23-,24+,33-/m0/s1. The Kier molecular flexibility index (Phi) is 9.63. The van der Waals surface area contributed by atoms with Crippen molar-refractivity contribution in [3.8, 4) is 11.1 Å². The van der Waals surface area contributed by atoms with E-state index in [4.69, 9.17) is 19.4 Å². The smallest absolute Gasteiger partial charge is 0.337 e. The number of hydrogen-bond acceptors (Lipinski definition) is 10. The first-order valence-electron chi connectivity index (χ1n) is 17.7. The number of carboxylic acids is 1. The van der Waals surface area contributed by atoms with Crippen molar-refractivity contribution in [2.75, 3.05) is 47.4 Å². The molecule has 0 saturated carbocycles. The van der Waals surface area contributed by atoms with E-state index in [0.29, 0.717) is 29.7 Å². The number of carbonyl (C=O) groups is 1. The van der Waals surface area contributed by atoms with Crippen molar-refractivity contribution in [2.45, 2.75) is 112 Å². The maximum absolute atomic E-state index is 12.9. The number of carboxylic acid groups (broad SMARTS) is 1. The quantitative estimate of drug-likeness (QED) is 0.305. The van der Waals surface area contributed by atoms with Crippen LogP contribution in [0.2, 0.25) is 0 Å². The van der Waals surface area contributed by atoms with Crippen molar-refractivity contribution in [3.05, 3.63) is 52.6 Å². The number of aliphatic carboxylic acids is 1. The molecule has 3 atom stereocenters. The number of rotatable bonds is 7. The third-order valence-corrected chi connectivity index (χ3v) is 10.0. The van der Waals surface area contributed by atoms with Gasteiger partial charge in [0.2, 0.25) is 11.9 Å². The van der Waals surface area contributed by atoms with Crippen molar-refractivity contribution in [1.82, 2.24) is 19.9 Å². The molecule has 0 radical (unpaired) electrons. The molecule has 0 unspecified atom stereocenters. The molecule has 2 saturated heterocycles. The first-order chi connectivity index (χ1) is 23.1. The first kappa shape index (κ1) is 35.0. The lowest BCUT2D eigenvalue weighted by atomic mass is 9.81. The molecule has 1 aromatic carbocycles. The van der Waals surface area contributed by atoms with Crippen molar-refractivity contribution in [1.29, 1.82) is 0 Å². The number of fused-ring (bicyclic) bond motifs is 1. The van der Waals surface area contributed by atoms with Gasteiger partial charge in [-0.3, -0.25) is 4.98 Å². The average molecular weight is 672 g/mol. The largest absolute Gasteiger partial charge is 0.479 e. The molecular weight excluding hydrogens is 618 g/mol. The molecule has 0 amide bonds. The summed E-state index contributed by atoms with van der Waals surface area (Å²) in [7, 11) is 0. The van der Waals surface area contributed by atoms with Gasteiger partial charge in [-0.25, -0.2) is 14.8 Å². The van der Waals surface area contributed by atoms with Gasteiger partial charge in [-0.1, -0.05) is 32.0 Å². The van der Waals surface area contributed by atoms with E-state index in [1.165, 1.54) is 11.1 Å². The van der Waals surface area contributed by atoms with E-state index in [2.05, 4.69) is 70.6 Å². The minimum atomic E-state index is -1.14. The Labute approximate surface area is 291 Å². The lowest BCUT2D eigenvalue weighted by Crippen LogP contribution is -2.46. The SMILES string of the molecule is Cc1nc(C)c([C@H](OC(C)(C)C)C(=O)O)c(N2CCC(C)(C)CC2)c1-c1ccc2c(c1)CCN(c1ncnc(N3C[C@@H](C)O[C@@H](C)C3)n1)C2. The Balaban J connectivity index is 1.36. The number of ether oxygens (including phenoxy) is 2. The van der Waals surface area contributed by atoms with Crippen LogP contribution >= 0.6 is 0 Å². The van der Waals surface area contributed by atoms with Crippen molar-refractivity contribution in [2.24, 2.45) is 5.41 Å². The van der Waals surface area contributed by atoms with Crippen LogP contribution in [0.25, 0.3) is 11.1 Å². The number of piperidine rings is 1. The molecule has 2 fully saturated rings. The minimum Gasteiger partial charge on any atom is -0.479 e. The van der Waals surface area contributed by atoms with E-state index in [1.807, 2.05) is 34.6 Å². The summed E-state index contributed by atoms with van der Waals surface area (Å²) in [6.07, 6.45) is 3.58. The van der Waals surface area contributed by atoms with Crippen LogP contribution in [0.3, 0.4) is 0 Å². The number of hydrogen-bond donors (Lipinski definition) is 1. The molecule has 2 aromatic heterocycles. The predicted molar refractivity (Wildman–Crippen MR) is 192 cm³/mol. The van der Waals surface area contributed by atoms with Crippen LogP contribution in [-0.4, -0.2) is 81.5 Å². The molecule has 1 N–H and O–H groups in total. The Morgan fingerprint density at radius 3 is 2.22 bits per heavy atom. The number of nitrogens with zero attached hydrogens (tertiary/aromatic N) is 7. The molecule has 0 aliphatic carbocycles. The van der Waals surface area contributed by atoms with Crippen LogP contribution in [0.15, 0.2) is 24.5 Å². The summed E-state index contributed by atoms with van der Waals surface area (Å²) in [6, 6.07) is 6.65. The van der Waals surface area contributed by atoms with Gasteiger partial charge in [-0.15, -0.1) is 0 Å². The van der Waals surface area contributed by atoms with E-state index >= 15 is 0 Å². The molecule has 11 heteroatoms. The van der Waals surface area contributed by atoms with Crippen LogP contribution in [0.1, 0.15) is 95.5 Å². The summed E-state index contributed by atoms with van der Waals surface area (Å²) in [5, 5.41) is 10.5. The monoisotopic (exact) mass is 671 g/mol. The van der Waals surface area contributed by atoms with Gasteiger partial charge < -0.3 is 29.3 Å². The molecule has 49 heavy (non-hydrogen) atoms. The molecule has 11 nitrogen and oxygen atoms in total. The summed E-state index contributed by atoms with van der Waals surface area (Å²) >= 11 is 0. The van der Waals surface area contributed by atoms with Crippen molar-refractivity contribution in [3.63, 3.8) is 0 Å². The highest BCUT2D eigenvalue weighted by molar-refractivity contribution is 5.88. The minimum absolute atomic E-state index is 0.117. The summed E-state index contributed by atoms with van der Waals surface area (Å²) in [4.78, 5) is 38.6. The molecular formula is C38H53N7O4. The number of morpholine rings is 1. The van der Waals surface area contributed by atoms with Crippen LogP contribution in [-0.2, 0) is 27.2 Å². The van der Waals surface area contributed by atoms with Gasteiger partial charge in [0, 0.05) is 61.8 Å². The maximum atomic E-state index is 12.9. The number of anilines is 3. The number of aromatic nitrogens is 4. The Morgan fingerprint density at radius 1 is 0.939 bits per heavy atom. The van der Waals surface area contributed by atoms with E-state index in [-0.39, 0.29) is 17.6 Å². The Hall–Kier alpha value is -3.83. The molecule has 3 aliphatic rings. The lowest BCUT2D eigenvalue weighted by Gasteiger charge is -2.41. The second kappa shape index (κ2) is 13.5. The zero-order valence-electron chi connectivity index (χ0n) is 30.7. The van der Waals surface area contributed by atoms with Gasteiger partial charge in [0.25, 0.3) is 0 Å². The van der Waals surface area contributed by atoms with Crippen LogP contribution in [0.5, 0.6) is 0 Å². The van der Waals surface area contributed by atoms with Gasteiger partial charge in [0.05, 0.1) is 23.5 Å². The van der Waals surface area contributed by atoms with Crippen molar-refractivity contribution >= 4 is 23.6 Å². The van der Waals surface area contributed by atoms with E-state index in [1.54, 1.807) is 6.33 Å². The van der Waals surface area contributed by atoms with E-state index < -0.39 is 17.7 Å². The molecule has 5 heterocycles. The average Bonchev–Trinajstić information content (AvgIpc) is 3.02. The lowest BCUT2D eigenvalue weighted by molar-refractivity contribution is -0.160. The topological polar surface area (TPSA) is 117 Å². The molecule has 3 aromatic rings. The molecule has 0 bridgehead atoms. The fourth-order valence-corrected chi connectivity index (χ4v) is 7.56. The Morgan fingerprint density at radius 2 is 1.59 bits per heavy atom. The predicted octanol–water partition coefficient (Wildman–Crippen LogP) is 6.29. The summed E-state index contributed by atoms with van der Waals surface area (Å²) in [6.45, 7) is 23.1. The van der Waals surface area contributed by atoms with E-state index in [9.17, 15) is 9.90 Å². The van der Waals surface area contributed by atoms with Gasteiger partial charge >= 0.3 is 5.97 Å². The second-order valence-electron chi connectivity index (χ2n) is 15.9. The van der Waals surface area contributed by atoms with Crippen LogP contribution in [0.4, 0.5) is 17.6 Å². The highest BCUT2D eigenvalue weighted by atomic mass is 16.5. The zero-order valence-corrected chi connectivity index (χ0v) is 30.7. The fraction of sp³-hybridized carbons (Fsp3) is 0.605. The van der Waals surface area contributed by atoms with Crippen LogP contribution in [0, 0.1) is 19.3 Å². The fourth-order valence-electron chi connectivity index (χ4n) is 7.56.